The molecule has 0 aromatic rings. The standard InChI is InChI=1S/C12H23N3O3/c1-9(2)8-18-7-6-14-11(16)12(4-3-5-12)10(13)15-17/h9,17H,3-8H2,1-2H3,(H2,13,15)(H,14,16). The molecule has 0 saturated heterocycles. The minimum atomic E-state index is -0.799. The van der Waals surface area contributed by atoms with Crippen LogP contribution in [0, 0.1) is 11.3 Å². The molecule has 0 aromatic carbocycles. The molecule has 0 unspecified atom stereocenters. The van der Waals surface area contributed by atoms with Crippen molar-refractivity contribution in [1.82, 2.24) is 5.32 Å². The first-order chi connectivity index (χ1) is 8.53. The van der Waals surface area contributed by atoms with E-state index in [0.29, 0.717) is 38.5 Å². The summed E-state index contributed by atoms with van der Waals surface area (Å²) in [6, 6.07) is 0. The molecule has 104 valence electrons. The monoisotopic (exact) mass is 257 g/mol. The maximum absolute atomic E-state index is 12.0. The zero-order chi connectivity index (χ0) is 13.6. The Hall–Kier alpha value is -1.30. The van der Waals surface area contributed by atoms with Crippen LogP contribution in [0.4, 0.5) is 0 Å². The van der Waals surface area contributed by atoms with Crippen molar-refractivity contribution in [2.24, 2.45) is 22.2 Å². The largest absolute Gasteiger partial charge is 0.409 e. The average molecular weight is 257 g/mol. The fourth-order valence-corrected chi connectivity index (χ4v) is 1.95. The second-order valence-electron chi connectivity index (χ2n) is 5.15. The van der Waals surface area contributed by atoms with Crippen molar-refractivity contribution in [2.75, 3.05) is 19.8 Å². The van der Waals surface area contributed by atoms with Crippen LogP contribution in [0.3, 0.4) is 0 Å². The molecule has 1 saturated carbocycles. The summed E-state index contributed by atoms with van der Waals surface area (Å²) in [5.41, 5.74) is 4.79. The van der Waals surface area contributed by atoms with Gasteiger partial charge in [0.25, 0.3) is 0 Å². The predicted molar refractivity (Wildman–Crippen MR) is 68.4 cm³/mol. The molecule has 0 radical (unpaired) electrons. The Morgan fingerprint density at radius 3 is 2.67 bits per heavy atom. The van der Waals surface area contributed by atoms with E-state index >= 15 is 0 Å². The number of carbonyl (C=O) groups is 1. The van der Waals surface area contributed by atoms with E-state index in [9.17, 15) is 4.79 Å². The van der Waals surface area contributed by atoms with E-state index in [1.165, 1.54) is 0 Å². The molecule has 6 nitrogen and oxygen atoms in total. The summed E-state index contributed by atoms with van der Waals surface area (Å²) < 4.78 is 5.37. The van der Waals surface area contributed by atoms with Crippen LogP contribution >= 0.6 is 0 Å². The van der Waals surface area contributed by atoms with Gasteiger partial charge >= 0.3 is 0 Å². The molecule has 1 aliphatic rings. The number of nitrogens with two attached hydrogens (primary N) is 1. The molecule has 4 N–H and O–H groups in total. The lowest BCUT2D eigenvalue weighted by atomic mass is 9.67. The summed E-state index contributed by atoms with van der Waals surface area (Å²) in [7, 11) is 0. The lowest BCUT2D eigenvalue weighted by Crippen LogP contribution is -2.54. The van der Waals surface area contributed by atoms with Crippen molar-refractivity contribution in [3.63, 3.8) is 0 Å². The van der Waals surface area contributed by atoms with Gasteiger partial charge in [-0.05, 0) is 18.8 Å². The van der Waals surface area contributed by atoms with Gasteiger partial charge in [-0.2, -0.15) is 0 Å². The molecule has 0 bridgehead atoms. The van der Waals surface area contributed by atoms with Crippen LogP contribution < -0.4 is 11.1 Å². The summed E-state index contributed by atoms with van der Waals surface area (Å²) in [5, 5.41) is 14.5. The molecular formula is C12H23N3O3. The van der Waals surface area contributed by atoms with E-state index in [2.05, 4.69) is 24.3 Å². The minimum Gasteiger partial charge on any atom is -0.409 e. The number of nitrogens with one attached hydrogen (secondary N) is 1. The topological polar surface area (TPSA) is 96.9 Å². The Balaban J connectivity index is 2.31. The van der Waals surface area contributed by atoms with Crippen molar-refractivity contribution < 1.29 is 14.7 Å². The van der Waals surface area contributed by atoms with Crippen LogP contribution in [0.1, 0.15) is 33.1 Å². The van der Waals surface area contributed by atoms with Crippen molar-refractivity contribution in [3.8, 4) is 0 Å². The highest BCUT2D eigenvalue weighted by atomic mass is 16.5. The van der Waals surface area contributed by atoms with Crippen molar-refractivity contribution >= 4 is 11.7 Å². The number of nitrogens with zero attached hydrogens (tertiary/aromatic N) is 1. The molecule has 0 aliphatic heterocycles. The number of rotatable bonds is 7. The van der Waals surface area contributed by atoms with E-state index in [4.69, 9.17) is 15.7 Å². The fourth-order valence-electron chi connectivity index (χ4n) is 1.95. The third kappa shape index (κ3) is 3.35. The average Bonchev–Trinajstić information content (AvgIpc) is 2.26. The smallest absolute Gasteiger partial charge is 0.234 e. The van der Waals surface area contributed by atoms with Crippen molar-refractivity contribution in [2.45, 2.75) is 33.1 Å². The van der Waals surface area contributed by atoms with Gasteiger partial charge in [-0.1, -0.05) is 25.4 Å². The molecule has 0 aromatic heterocycles. The van der Waals surface area contributed by atoms with Crippen molar-refractivity contribution in [3.05, 3.63) is 0 Å². The van der Waals surface area contributed by atoms with Gasteiger partial charge in [0.1, 0.15) is 5.41 Å². The van der Waals surface area contributed by atoms with E-state index in [0.717, 1.165) is 6.42 Å². The number of ether oxygens (including phenoxy) is 1. The van der Waals surface area contributed by atoms with Gasteiger partial charge in [-0.25, -0.2) is 0 Å². The third-order valence-corrected chi connectivity index (χ3v) is 3.22. The van der Waals surface area contributed by atoms with Crippen LogP contribution in [0.15, 0.2) is 5.16 Å². The zero-order valence-corrected chi connectivity index (χ0v) is 11.1. The number of oxime groups is 1. The number of hydrogen-bond acceptors (Lipinski definition) is 4. The van der Waals surface area contributed by atoms with Crippen LogP contribution in [0.5, 0.6) is 0 Å². The van der Waals surface area contributed by atoms with E-state index in [-0.39, 0.29) is 11.7 Å². The number of amidine groups is 1. The maximum Gasteiger partial charge on any atom is 0.234 e. The van der Waals surface area contributed by atoms with Gasteiger partial charge in [0.2, 0.25) is 5.91 Å². The highest BCUT2D eigenvalue weighted by Crippen LogP contribution is 2.41. The van der Waals surface area contributed by atoms with Gasteiger partial charge in [-0.15, -0.1) is 0 Å². The lowest BCUT2D eigenvalue weighted by molar-refractivity contribution is -0.131. The summed E-state index contributed by atoms with van der Waals surface area (Å²) in [4.78, 5) is 12.0. The van der Waals surface area contributed by atoms with Crippen LogP contribution in [0.25, 0.3) is 0 Å². The second kappa shape index (κ2) is 6.58. The van der Waals surface area contributed by atoms with E-state index < -0.39 is 5.41 Å². The number of amides is 1. The first-order valence-electron chi connectivity index (χ1n) is 6.37. The Kier molecular flexibility index (Phi) is 5.40. The molecule has 1 fully saturated rings. The van der Waals surface area contributed by atoms with Gasteiger partial charge in [0.15, 0.2) is 5.84 Å². The molecule has 18 heavy (non-hydrogen) atoms. The number of carbonyl (C=O) groups excluding carboxylic acids is 1. The normalized spacial score (nSPS) is 18.5. The Morgan fingerprint density at radius 1 is 1.56 bits per heavy atom. The molecule has 0 spiro atoms. The fraction of sp³-hybridized carbons (Fsp3) is 0.833. The van der Waals surface area contributed by atoms with Gasteiger partial charge in [0.05, 0.1) is 6.61 Å². The minimum absolute atomic E-state index is 0.00866. The predicted octanol–water partition coefficient (Wildman–Crippen LogP) is 0.692. The highest BCUT2D eigenvalue weighted by Gasteiger charge is 2.48. The van der Waals surface area contributed by atoms with E-state index in [1.807, 2.05) is 0 Å². The Bertz CT molecular complexity index is 312. The molecule has 0 atom stereocenters. The van der Waals surface area contributed by atoms with Gasteiger partial charge in [-0.3, -0.25) is 4.79 Å². The molecular weight excluding hydrogens is 234 g/mol. The third-order valence-electron chi connectivity index (χ3n) is 3.22. The highest BCUT2D eigenvalue weighted by molar-refractivity contribution is 6.07. The summed E-state index contributed by atoms with van der Waals surface area (Å²) in [6.45, 7) is 5.75. The van der Waals surface area contributed by atoms with Crippen molar-refractivity contribution in [1.29, 1.82) is 0 Å². The lowest BCUT2D eigenvalue weighted by Gasteiger charge is -2.38. The molecule has 6 heteroatoms. The number of hydrogen-bond donors (Lipinski definition) is 3. The SMILES string of the molecule is CC(C)COCCNC(=O)C1(C(N)=NO)CCC1. The molecule has 1 rings (SSSR count). The van der Waals surface area contributed by atoms with Crippen LogP contribution in [0.2, 0.25) is 0 Å². The second-order valence-corrected chi connectivity index (χ2v) is 5.15. The summed E-state index contributed by atoms with van der Waals surface area (Å²) >= 11 is 0. The first-order valence-corrected chi connectivity index (χ1v) is 6.37. The van der Waals surface area contributed by atoms with Crippen LogP contribution in [-0.4, -0.2) is 36.7 Å². The van der Waals surface area contributed by atoms with Gasteiger partial charge in [0, 0.05) is 13.2 Å². The quantitative estimate of drug-likeness (QED) is 0.205. The summed E-state index contributed by atoms with van der Waals surface area (Å²) in [5.74, 6) is 0.322. The zero-order valence-electron chi connectivity index (χ0n) is 11.1. The molecule has 1 aliphatic carbocycles. The maximum atomic E-state index is 12.0. The van der Waals surface area contributed by atoms with Gasteiger partial charge < -0.3 is 21.0 Å². The molecule has 0 heterocycles. The first kappa shape index (κ1) is 14.8. The van der Waals surface area contributed by atoms with Crippen LogP contribution in [-0.2, 0) is 9.53 Å². The Labute approximate surface area is 108 Å². The summed E-state index contributed by atoms with van der Waals surface area (Å²) in [6.07, 6.45) is 2.21. The molecule has 1 amide bonds. The van der Waals surface area contributed by atoms with E-state index in [1.54, 1.807) is 0 Å². The Morgan fingerprint density at radius 2 is 2.22 bits per heavy atom.